The van der Waals surface area contributed by atoms with Gasteiger partial charge in [-0.05, 0) is 42.5 Å². The molecule has 190 valence electrons. The van der Waals surface area contributed by atoms with Crippen LogP contribution in [0.25, 0.3) is 0 Å². The van der Waals surface area contributed by atoms with Crippen LogP contribution in [0.1, 0.15) is 42.7 Å². The first-order chi connectivity index (χ1) is 18.4. The summed E-state index contributed by atoms with van der Waals surface area (Å²) in [6.07, 6.45) is -1.25. The van der Waals surface area contributed by atoms with Crippen LogP contribution in [-0.4, -0.2) is 29.7 Å². The molecule has 0 spiro atoms. The molecular formula is C29H22N2O7. The van der Waals surface area contributed by atoms with Crippen molar-refractivity contribution in [3.05, 3.63) is 135 Å². The first kappa shape index (κ1) is 25.8. The van der Waals surface area contributed by atoms with Crippen molar-refractivity contribution in [2.24, 2.45) is 0 Å². The van der Waals surface area contributed by atoms with Gasteiger partial charge in [-0.3, -0.25) is 19.7 Å². The maximum absolute atomic E-state index is 13.4. The molecule has 1 unspecified atom stereocenters. The fraction of sp³-hybridized carbons (Fsp3) is 0.0690. The monoisotopic (exact) mass is 510 g/mol. The number of esters is 1. The molecule has 1 atom stereocenters. The molecule has 0 radical (unpaired) electrons. The summed E-state index contributed by atoms with van der Waals surface area (Å²) in [4.78, 5) is 50.0. The van der Waals surface area contributed by atoms with Crippen molar-refractivity contribution < 1.29 is 28.8 Å². The third-order valence-electron chi connectivity index (χ3n) is 5.65. The molecule has 9 nitrogen and oxygen atoms in total. The van der Waals surface area contributed by atoms with E-state index in [4.69, 9.17) is 9.47 Å². The highest BCUT2D eigenvalue weighted by Gasteiger charge is 2.28. The van der Waals surface area contributed by atoms with Crippen LogP contribution < -0.4 is 10.1 Å². The number of benzene rings is 4. The van der Waals surface area contributed by atoms with Crippen LogP contribution in [0.15, 0.2) is 103 Å². The molecule has 4 aromatic carbocycles. The Bertz CT molecular complexity index is 1480. The topological polar surface area (TPSA) is 125 Å². The van der Waals surface area contributed by atoms with E-state index in [2.05, 4.69) is 5.32 Å². The predicted octanol–water partition coefficient (Wildman–Crippen LogP) is 5.64. The number of nitro benzene ring substituents is 1. The maximum Gasteiger partial charge on any atom is 0.341 e. The van der Waals surface area contributed by atoms with Crippen molar-refractivity contribution in [2.45, 2.75) is 6.10 Å². The van der Waals surface area contributed by atoms with Gasteiger partial charge >= 0.3 is 5.97 Å². The quantitative estimate of drug-likeness (QED) is 0.134. The van der Waals surface area contributed by atoms with Crippen LogP contribution in [-0.2, 0) is 4.74 Å². The summed E-state index contributed by atoms with van der Waals surface area (Å²) in [7, 11) is 1.51. The molecule has 0 aliphatic heterocycles. The molecule has 0 saturated carbocycles. The van der Waals surface area contributed by atoms with Crippen molar-refractivity contribution >= 4 is 29.0 Å². The number of non-ortho nitro benzene ring substituents is 1. The highest BCUT2D eigenvalue weighted by atomic mass is 16.6. The van der Waals surface area contributed by atoms with E-state index < -0.39 is 28.7 Å². The van der Waals surface area contributed by atoms with Gasteiger partial charge in [-0.25, -0.2) is 4.79 Å². The average Bonchev–Trinajstić information content (AvgIpc) is 2.96. The van der Waals surface area contributed by atoms with E-state index in [1.165, 1.54) is 37.4 Å². The van der Waals surface area contributed by atoms with Crippen LogP contribution in [0.4, 0.5) is 11.4 Å². The number of para-hydroxylation sites is 1. The second kappa shape index (κ2) is 11.6. The molecule has 4 rings (SSSR count). The minimum atomic E-state index is -1.25. The zero-order valence-corrected chi connectivity index (χ0v) is 20.2. The Morgan fingerprint density at radius 1 is 0.816 bits per heavy atom. The van der Waals surface area contributed by atoms with Crippen LogP contribution in [0.3, 0.4) is 0 Å². The van der Waals surface area contributed by atoms with E-state index in [1.807, 2.05) is 0 Å². The van der Waals surface area contributed by atoms with Gasteiger partial charge in [0.25, 0.3) is 11.6 Å². The van der Waals surface area contributed by atoms with Gasteiger partial charge in [-0.2, -0.15) is 0 Å². The molecule has 0 aliphatic carbocycles. The number of rotatable bonds is 9. The fourth-order valence-corrected chi connectivity index (χ4v) is 3.70. The number of carbonyl (C=O) groups excluding carboxylic acids is 3. The van der Waals surface area contributed by atoms with Crippen LogP contribution in [0.2, 0.25) is 0 Å². The van der Waals surface area contributed by atoms with Gasteiger partial charge in [0.15, 0.2) is 6.10 Å². The van der Waals surface area contributed by atoms with E-state index in [0.717, 1.165) is 6.07 Å². The van der Waals surface area contributed by atoms with Crippen LogP contribution in [0.5, 0.6) is 5.75 Å². The fourth-order valence-electron chi connectivity index (χ4n) is 3.70. The number of ether oxygens (including phenoxy) is 2. The Balaban J connectivity index is 1.61. The molecule has 0 saturated heterocycles. The average molecular weight is 511 g/mol. The second-order valence-corrected chi connectivity index (χ2v) is 8.10. The second-order valence-electron chi connectivity index (χ2n) is 8.10. The summed E-state index contributed by atoms with van der Waals surface area (Å²) in [6, 6.07) is 26.4. The van der Waals surface area contributed by atoms with E-state index >= 15 is 0 Å². The lowest BCUT2D eigenvalue weighted by Gasteiger charge is -2.19. The number of ketones is 1. The number of anilines is 1. The van der Waals surface area contributed by atoms with E-state index in [9.17, 15) is 24.5 Å². The summed E-state index contributed by atoms with van der Waals surface area (Å²) in [5.74, 6) is -1.35. The van der Waals surface area contributed by atoms with Gasteiger partial charge in [0.2, 0.25) is 5.78 Å². The Hall–Kier alpha value is -5.31. The Morgan fingerprint density at radius 2 is 1.50 bits per heavy atom. The first-order valence-corrected chi connectivity index (χ1v) is 11.5. The molecule has 38 heavy (non-hydrogen) atoms. The summed E-state index contributed by atoms with van der Waals surface area (Å²) in [5.41, 5.74) is 0.722. The molecule has 0 heterocycles. The van der Waals surface area contributed by atoms with Crippen molar-refractivity contribution in [3.8, 4) is 5.75 Å². The van der Waals surface area contributed by atoms with Crippen molar-refractivity contribution in [3.63, 3.8) is 0 Å². The molecule has 9 heteroatoms. The number of hydrogen-bond donors (Lipinski definition) is 1. The smallest absolute Gasteiger partial charge is 0.341 e. The minimum absolute atomic E-state index is 0.00902. The largest absolute Gasteiger partial charge is 0.497 e. The number of methoxy groups -OCH3 is 1. The van der Waals surface area contributed by atoms with Gasteiger partial charge in [0.05, 0.1) is 23.3 Å². The Kier molecular flexibility index (Phi) is 7.88. The number of Topliss-reactive ketones (excluding diaryl/α,β-unsaturated/α-hetero) is 1. The highest BCUT2D eigenvalue weighted by Crippen LogP contribution is 2.27. The summed E-state index contributed by atoms with van der Waals surface area (Å²) in [5, 5.41) is 13.7. The molecule has 0 aliphatic rings. The number of carbonyl (C=O) groups is 3. The van der Waals surface area contributed by atoms with Crippen molar-refractivity contribution in [1.29, 1.82) is 0 Å². The zero-order valence-electron chi connectivity index (χ0n) is 20.2. The van der Waals surface area contributed by atoms with Gasteiger partial charge < -0.3 is 14.8 Å². The van der Waals surface area contributed by atoms with E-state index in [-0.39, 0.29) is 22.5 Å². The number of amides is 1. The molecular weight excluding hydrogens is 488 g/mol. The number of nitrogens with zero attached hydrogens (tertiary/aromatic N) is 1. The normalized spacial score (nSPS) is 11.2. The lowest BCUT2D eigenvalue weighted by Crippen LogP contribution is -2.22. The number of nitro groups is 1. The third-order valence-corrected chi connectivity index (χ3v) is 5.65. The first-order valence-electron chi connectivity index (χ1n) is 11.5. The van der Waals surface area contributed by atoms with Crippen molar-refractivity contribution in [1.82, 2.24) is 0 Å². The van der Waals surface area contributed by atoms with E-state index in [0.29, 0.717) is 16.9 Å². The van der Waals surface area contributed by atoms with Crippen molar-refractivity contribution in [2.75, 3.05) is 12.4 Å². The molecule has 1 amide bonds. The summed E-state index contributed by atoms with van der Waals surface area (Å²) >= 11 is 0. The van der Waals surface area contributed by atoms with Gasteiger partial charge in [-0.1, -0.05) is 48.5 Å². The minimum Gasteiger partial charge on any atom is -0.497 e. The molecule has 0 bridgehead atoms. The van der Waals surface area contributed by atoms with Gasteiger partial charge in [0.1, 0.15) is 5.75 Å². The van der Waals surface area contributed by atoms with E-state index in [1.54, 1.807) is 66.7 Å². The Labute approximate surface area is 217 Å². The zero-order chi connectivity index (χ0) is 27.1. The number of nitrogens with one attached hydrogen (secondary N) is 1. The van der Waals surface area contributed by atoms with Gasteiger partial charge in [0, 0.05) is 28.8 Å². The predicted molar refractivity (Wildman–Crippen MR) is 139 cm³/mol. The lowest BCUT2D eigenvalue weighted by atomic mass is 9.99. The summed E-state index contributed by atoms with van der Waals surface area (Å²) < 4.78 is 10.9. The van der Waals surface area contributed by atoms with Crippen LogP contribution >= 0.6 is 0 Å². The molecule has 0 aromatic heterocycles. The molecule has 4 aromatic rings. The standard InChI is InChI=1S/C29H22N2O7/c1-37-23-16-14-19(15-17-23)26(32)27(20-8-3-2-4-9-20)38-29(34)24-12-5-6-13-25(24)30-28(33)21-10-7-11-22(18-21)31(35)36/h2-18,27H,1H3,(H,30,33). The summed E-state index contributed by atoms with van der Waals surface area (Å²) in [6.45, 7) is 0. The van der Waals surface area contributed by atoms with Crippen LogP contribution in [0, 0.1) is 10.1 Å². The molecule has 0 fully saturated rings. The SMILES string of the molecule is COc1ccc(C(=O)C(OC(=O)c2ccccc2NC(=O)c2cccc([N+](=O)[O-])c2)c2ccccc2)cc1. The Morgan fingerprint density at radius 3 is 2.18 bits per heavy atom. The molecule has 1 N–H and O–H groups in total. The highest BCUT2D eigenvalue weighted by molar-refractivity contribution is 6.09. The lowest BCUT2D eigenvalue weighted by molar-refractivity contribution is -0.384. The number of hydrogen-bond acceptors (Lipinski definition) is 7. The third kappa shape index (κ3) is 5.90. The maximum atomic E-state index is 13.4. The van der Waals surface area contributed by atoms with Gasteiger partial charge in [-0.15, -0.1) is 0 Å².